The molecule has 0 bridgehead atoms. The third kappa shape index (κ3) is 2.47. The highest BCUT2D eigenvalue weighted by Gasteiger charge is 2.10. The Bertz CT molecular complexity index is 547. The van der Waals surface area contributed by atoms with Gasteiger partial charge in [0.05, 0.1) is 10.6 Å². The van der Waals surface area contributed by atoms with E-state index in [0.717, 1.165) is 11.1 Å². The van der Waals surface area contributed by atoms with Gasteiger partial charge in [0.25, 0.3) is 5.91 Å². The quantitative estimate of drug-likeness (QED) is 0.800. The predicted octanol–water partition coefficient (Wildman–Crippen LogP) is 3.32. The van der Waals surface area contributed by atoms with Crippen molar-refractivity contribution < 1.29 is 9.90 Å². The molecule has 2 N–H and O–H groups in total. The number of aryl methyl sites for hydroxylation is 2. The molecule has 0 radical (unpaired) electrons. The summed E-state index contributed by atoms with van der Waals surface area (Å²) in [6.45, 7) is 3.86. The fraction of sp³-hybridized carbons (Fsp3) is 0.154. The first-order valence-corrected chi connectivity index (χ1v) is 6.11. The number of carbonyl (C=O) groups excluding carboxylic acids is 1. The lowest BCUT2D eigenvalue weighted by Gasteiger charge is -2.09. The molecule has 1 aromatic carbocycles. The molecule has 2 aromatic rings. The minimum Gasteiger partial charge on any atom is -0.506 e. The maximum absolute atomic E-state index is 11.8. The zero-order chi connectivity index (χ0) is 12.4. The number of amides is 1. The minimum atomic E-state index is -0.196. The first kappa shape index (κ1) is 11.7. The van der Waals surface area contributed by atoms with Crippen LogP contribution in [-0.2, 0) is 0 Å². The molecule has 0 saturated heterocycles. The van der Waals surface area contributed by atoms with Gasteiger partial charge in [-0.2, -0.15) is 0 Å². The molecule has 88 valence electrons. The molecule has 0 aliphatic carbocycles. The van der Waals surface area contributed by atoms with Gasteiger partial charge in [0.2, 0.25) is 0 Å². The van der Waals surface area contributed by atoms with Gasteiger partial charge in [0.15, 0.2) is 0 Å². The van der Waals surface area contributed by atoms with Crippen molar-refractivity contribution in [2.45, 2.75) is 13.8 Å². The highest BCUT2D eigenvalue weighted by molar-refractivity contribution is 7.12. The second-order valence-electron chi connectivity index (χ2n) is 3.89. The summed E-state index contributed by atoms with van der Waals surface area (Å²) < 4.78 is 0. The van der Waals surface area contributed by atoms with Gasteiger partial charge < -0.3 is 10.4 Å². The molecule has 4 heteroatoms. The molecule has 1 heterocycles. The molecular weight excluding hydrogens is 234 g/mol. The van der Waals surface area contributed by atoms with Gasteiger partial charge in [-0.25, -0.2) is 0 Å². The zero-order valence-electron chi connectivity index (χ0n) is 9.65. The number of aromatic hydroxyl groups is 1. The van der Waals surface area contributed by atoms with Crippen molar-refractivity contribution in [2.24, 2.45) is 0 Å². The van der Waals surface area contributed by atoms with Crippen LogP contribution in [0.2, 0.25) is 0 Å². The molecule has 3 nitrogen and oxygen atoms in total. The molecule has 0 spiro atoms. The maximum atomic E-state index is 11.8. The number of phenols is 1. The average molecular weight is 247 g/mol. The van der Waals surface area contributed by atoms with Crippen molar-refractivity contribution in [1.29, 1.82) is 0 Å². The van der Waals surface area contributed by atoms with E-state index >= 15 is 0 Å². The monoisotopic (exact) mass is 247 g/mol. The first-order valence-electron chi connectivity index (χ1n) is 5.23. The molecule has 0 fully saturated rings. The molecule has 1 aromatic heterocycles. The number of rotatable bonds is 2. The van der Waals surface area contributed by atoms with E-state index in [1.54, 1.807) is 18.2 Å². The normalized spacial score (nSPS) is 10.2. The Hall–Kier alpha value is -1.81. The van der Waals surface area contributed by atoms with Gasteiger partial charge in [0.1, 0.15) is 5.75 Å². The van der Waals surface area contributed by atoms with Crippen molar-refractivity contribution in [3.8, 4) is 5.75 Å². The summed E-state index contributed by atoms with van der Waals surface area (Å²) in [6.07, 6.45) is 0. The number of hydrogen-bond donors (Lipinski definition) is 2. The summed E-state index contributed by atoms with van der Waals surface area (Å²) in [7, 11) is 0. The number of benzene rings is 1. The van der Waals surface area contributed by atoms with E-state index in [1.807, 2.05) is 25.3 Å². The lowest BCUT2D eigenvalue weighted by Crippen LogP contribution is -2.10. The average Bonchev–Trinajstić information content (AvgIpc) is 2.79. The second kappa shape index (κ2) is 4.59. The van der Waals surface area contributed by atoms with Crippen LogP contribution in [0.25, 0.3) is 0 Å². The van der Waals surface area contributed by atoms with Gasteiger partial charge in [-0.05, 0) is 48.6 Å². The SMILES string of the molecule is Cc1cc(O)c(NC(=O)c2cccs2)cc1C. The Kier molecular flexibility index (Phi) is 3.15. The number of nitrogens with one attached hydrogen (secondary N) is 1. The first-order chi connectivity index (χ1) is 8.08. The predicted molar refractivity (Wildman–Crippen MR) is 69.9 cm³/mol. The fourth-order valence-electron chi connectivity index (χ4n) is 1.49. The largest absolute Gasteiger partial charge is 0.506 e. The van der Waals surface area contributed by atoms with Gasteiger partial charge in [-0.15, -0.1) is 11.3 Å². The molecule has 0 aliphatic heterocycles. The lowest BCUT2D eigenvalue weighted by atomic mass is 10.1. The molecule has 0 aliphatic rings. The molecule has 0 saturated carbocycles. The minimum absolute atomic E-state index is 0.0954. The Labute approximate surface area is 104 Å². The summed E-state index contributed by atoms with van der Waals surface area (Å²) in [5.41, 5.74) is 2.48. The summed E-state index contributed by atoms with van der Waals surface area (Å²) in [5, 5.41) is 14.3. The molecular formula is C13H13NO2S. The zero-order valence-corrected chi connectivity index (χ0v) is 10.5. The van der Waals surface area contributed by atoms with Crippen molar-refractivity contribution in [1.82, 2.24) is 0 Å². The summed E-state index contributed by atoms with van der Waals surface area (Å²) in [5.74, 6) is -0.100. The number of hydrogen-bond acceptors (Lipinski definition) is 3. The van der Waals surface area contributed by atoms with Crippen LogP contribution in [0.15, 0.2) is 29.6 Å². The summed E-state index contributed by atoms with van der Waals surface area (Å²) in [6, 6.07) is 6.99. The molecule has 1 amide bonds. The third-order valence-corrected chi connectivity index (χ3v) is 3.47. The van der Waals surface area contributed by atoms with Crippen LogP contribution in [0.3, 0.4) is 0 Å². The number of thiophene rings is 1. The smallest absolute Gasteiger partial charge is 0.265 e. The molecule has 17 heavy (non-hydrogen) atoms. The Balaban J connectivity index is 2.25. The number of carbonyl (C=O) groups is 1. The van der Waals surface area contributed by atoms with Crippen LogP contribution >= 0.6 is 11.3 Å². The van der Waals surface area contributed by atoms with Gasteiger partial charge >= 0.3 is 0 Å². The van der Waals surface area contributed by atoms with E-state index in [1.165, 1.54) is 11.3 Å². The van der Waals surface area contributed by atoms with Crippen LogP contribution in [0, 0.1) is 13.8 Å². The maximum Gasteiger partial charge on any atom is 0.265 e. The van der Waals surface area contributed by atoms with Crippen LogP contribution in [-0.4, -0.2) is 11.0 Å². The standard InChI is InChI=1S/C13H13NO2S/c1-8-6-10(11(15)7-9(8)2)14-13(16)12-4-3-5-17-12/h3-7,15H,1-2H3,(H,14,16). The highest BCUT2D eigenvalue weighted by atomic mass is 32.1. The Morgan fingerprint density at radius 2 is 2.00 bits per heavy atom. The van der Waals surface area contributed by atoms with Crippen molar-refractivity contribution in [3.63, 3.8) is 0 Å². The van der Waals surface area contributed by atoms with E-state index in [4.69, 9.17) is 0 Å². The van der Waals surface area contributed by atoms with Crippen molar-refractivity contribution in [3.05, 3.63) is 45.6 Å². The second-order valence-corrected chi connectivity index (χ2v) is 4.83. The van der Waals surface area contributed by atoms with Crippen LogP contribution in [0.1, 0.15) is 20.8 Å². The number of phenolic OH excluding ortho intramolecular Hbond substituents is 1. The number of anilines is 1. The lowest BCUT2D eigenvalue weighted by molar-refractivity contribution is 0.103. The van der Waals surface area contributed by atoms with E-state index in [0.29, 0.717) is 10.6 Å². The van der Waals surface area contributed by atoms with Crippen LogP contribution in [0.5, 0.6) is 5.75 Å². The molecule has 2 rings (SSSR count). The third-order valence-electron chi connectivity index (χ3n) is 2.61. The molecule has 0 atom stereocenters. The van der Waals surface area contributed by atoms with Crippen LogP contribution < -0.4 is 5.32 Å². The Morgan fingerprint density at radius 1 is 1.29 bits per heavy atom. The van der Waals surface area contributed by atoms with E-state index in [2.05, 4.69) is 5.32 Å². The van der Waals surface area contributed by atoms with Crippen molar-refractivity contribution >= 4 is 22.9 Å². The van der Waals surface area contributed by atoms with Crippen LogP contribution in [0.4, 0.5) is 5.69 Å². The summed E-state index contributed by atoms with van der Waals surface area (Å²) in [4.78, 5) is 12.4. The Morgan fingerprint density at radius 3 is 2.65 bits per heavy atom. The molecule has 0 unspecified atom stereocenters. The van der Waals surface area contributed by atoms with Gasteiger partial charge in [-0.3, -0.25) is 4.79 Å². The van der Waals surface area contributed by atoms with Crippen molar-refractivity contribution in [2.75, 3.05) is 5.32 Å². The van der Waals surface area contributed by atoms with E-state index < -0.39 is 0 Å². The fourth-order valence-corrected chi connectivity index (χ4v) is 2.11. The summed E-state index contributed by atoms with van der Waals surface area (Å²) >= 11 is 1.37. The highest BCUT2D eigenvalue weighted by Crippen LogP contribution is 2.27. The van der Waals surface area contributed by atoms with E-state index in [-0.39, 0.29) is 11.7 Å². The topological polar surface area (TPSA) is 49.3 Å². The van der Waals surface area contributed by atoms with Gasteiger partial charge in [0, 0.05) is 0 Å². The van der Waals surface area contributed by atoms with E-state index in [9.17, 15) is 9.90 Å². The van der Waals surface area contributed by atoms with Gasteiger partial charge in [-0.1, -0.05) is 6.07 Å².